The van der Waals surface area contributed by atoms with Crippen molar-refractivity contribution in [3.63, 3.8) is 0 Å². The van der Waals surface area contributed by atoms with Gasteiger partial charge in [-0.2, -0.15) is 0 Å². The molecule has 0 N–H and O–H groups in total. The molecule has 4 heteroatoms. The van der Waals surface area contributed by atoms with Gasteiger partial charge in [-0.25, -0.2) is 0 Å². The first kappa shape index (κ1) is 24.4. The molecule has 0 rings (SSSR count). The molecular weight excluding hydrogens is 328 g/mol. The molecular formula is C20H46O2Si2. The van der Waals surface area contributed by atoms with Crippen LogP contribution >= 0.6 is 0 Å². The van der Waals surface area contributed by atoms with Gasteiger partial charge in [0.05, 0.1) is 0 Å². The highest BCUT2D eigenvalue weighted by Gasteiger charge is 2.53. The summed E-state index contributed by atoms with van der Waals surface area (Å²) in [7, 11) is -3.59. The zero-order chi connectivity index (χ0) is 18.8. The lowest BCUT2D eigenvalue weighted by Crippen LogP contribution is -2.58. The van der Waals surface area contributed by atoms with Gasteiger partial charge in [0.1, 0.15) is 0 Å². The molecule has 0 saturated heterocycles. The molecule has 0 aliphatic heterocycles. The number of hydrogen-bond acceptors (Lipinski definition) is 2. The fourth-order valence-corrected chi connectivity index (χ4v) is 18.5. The molecule has 0 radical (unpaired) electrons. The molecule has 24 heavy (non-hydrogen) atoms. The fraction of sp³-hybridized carbons (Fsp3) is 1.00. The van der Waals surface area contributed by atoms with Gasteiger partial charge in [-0.1, -0.05) is 60.3 Å². The van der Waals surface area contributed by atoms with Crippen molar-refractivity contribution < 1.29 is 8.85 Å². The third-order valence-electron chi connectivity index (χ3n) is 5.70. The van der Waals surface area contributed by atoms with Crippen LogP contribution in [0.1, 0.15) is 88.0 Å². The molecule has 0 spiro atoms. The van der Waals surface area contributed by atoms with Gasteiger partial charge in [-0.05, 0) is 57.0 Å². The molecule has 0 aliphatic carbocycles. The van der Waals surface area contributed by atoms with E-state index in [0.717, 1.165) is 5.16 Å². The monoisotopic (exact) mass is 374 g/mol. The van der Waals surface area contributed by atoms with Crippen molar-refractivity contribution in [2.75, 3.05) is 0 Å². The van der Waals surface area contributed by atoms with E-state index in [9.17, 15) is 0 Å². The predicted octanol–water partition coefficient (Wildman–Crippen LogP) is 7.30. The largest absolute Gasteiger partial charge is 0.414 e. The molecule has 0 atom stereocenters. The first-order valence-electron chi connectivity index (χ1n) is 10.6. The molecule has 0 aromatic carbocycles. The Labute approximate surface area is 155 Å². The molecule has 2 nitrogen and oxygen atoms in total. The Morgan fingerprint density at radius 1 is 0.625 bits per heavy atom. The standard InChI is InChI=1S/C20H46O2Si2/c1-10-15-16-17-20(23(11-2,12-3)21-18(6)7)24(13-4,14-5)22-19(8)9/h18-20H,10-17H2,1-9H3. The van der Waals surface area contributed by atoms with Crippen molar-refractivity contribution in [3.05, 3.63) is 0 Å². The van der Waals surface area contributed by atoms with Gasteiger partial charge in [0.15, 0.2) is 16.6 Å². The van der Waals surface area contributed by atoms with E-state index >= 15 is 0 Å². The van der Waals surface area contributed by atoms with E-state index < -0.39 is 16.6 Å². The number of rotatable bonds is 14. The van der Waals surface area contributed by atoms with Gasteiger partial charge in [-0.15, -0.1) is 0 Å². The van der Waals surface area contributed by atoms with E-state index in [1.165, 1.54) is 49.9 Å². The maximum absolute atomic E-state index is 6.81. The lowest BCUT2D eigenvalue weighted by molar-refractivity contribution is 0.202. The van der Waals surface area contributed by atoms with Gasteiger partial charge in [0.2, 0.25) is 0 Å². The summed E-state index contributed by atoms with van der Waals surface area (Å²) in [5.41, 5.74) is 0. The van der Waals surface area contributed by atoms with Gasteiger partial charge in [0.25, 0.3) is 0 Å². The minimum absolute atomic E-state index is 0.338. The molecule has 146 valence electrons. The normalized spacial score (nSPS) is 13.5. The molecule has 0 heterocycles. The van der Waals surface area contributed by atoms with Gasteiger partial charge >= 0.3 is 0 Å². The van der Waals surface area contributed by atoms with E-state index in [0.29, 0.717) is 12.2 Å². The summed E-state index contributed by atoms with van der Waals surface area (Å²) in [5, 5.41) is 0.728. The Morgan fingerprint density at radius 3 is 1.25 bits per heavy atom. The highest BCUT2D eigenvalue weighted by Crippen LogP contribution is 2.46. The van der Waals surface area contributed by atoms with Gasteiger partial charge in [0, 0.05) is 12.2 Å². The van der Waals surface area contributed by atoms with E-state index in [4.69, 9.17) is 8.85 Å². The van der Waals surface area contributed by atoms with Crippen molar-refractivity contribution in [1.29, 1.82) is 0 Å². The summed E-state index contributed by atoms with van der Waals surface area (Å²) in [5.74, 6) is 0. The van der Waals surface area contributed by atoms with Crippen LogP contribution < -0.4 is 0 Å². The number of unbranched alkanes of at least 4 members (excludes halogenated alkanes) is 2. The van der Waals surface area contributed by atoms with Crippen LogP contribution in [0, 0.1) is 0 Å². The zero-order valence-corrected chi connectivity index (χ0v) is 20.2. The summed E-state index contributed by atoms with van der Waals surface area (Å²) < 4.78 is 13.6. The summed E-state index contributed by atoms with van der Waals surface area (Å²) in [6.45, 7) is 20.7. The third-order valence-corrected chi connectivity index (χ3v) is 18.6. The van der Waals surface area contributed by atoms with Crippen LogP contribution in [0.15, 0.2) is 0 Å². The molecule has 0 unspecified atom stereocenters. The van der Waals surface area contributed by atoms with E-state index in [1.807, 2.05) is 0 Å². The van der Waals surface area contributed by atoms with Crippen LogP contribution in [0.5, 0.6) is 0 Å². The quantitative estimate of drug-likeness (QED) is 0.234. The van der Waals surface area contributed by atoms with Crippen LogP contribution in [0.2, 0.25) is 29.3 Å². The maximum Gasteiger partial charge on any atom is 0.195 e. The lowest BCUT2D eigenvalue weighted by atomic mass is 10.2. The van der Waals surface area contributed by atoms with Crippen molar-refractivity contribution in [2.45, 2.75) is 130 Å². The minimum Gasteiger partial charge on any atom is -0.414 e. The van der Waals surface area contributed by atoms with E-state index in [2.05, 4.69) is 62.3 Å². The lowest BCUT2D eigenvalue weighted by Gasteiger charge is -2.48. The average molecular weight is 375 g/mol. The molecule has 0 fully saturated rings. The van der Waals surface area contributed by atoms with Crippen LogP contribution in [0.25, 0.3) is 0 Å². The smallest absolute Gasteiger partial charge is 0.195 e. The molecule has 0 aliphatic rings. The third kappa shape index (κ3) is 6.58. The Hall–Kier alpha value is 0.354. The van der Waals surface area contributed by atoms with Crippen molar-refractivity contribution in [2.24, 2.45) is 0 Å². The summed E-state index contributed by atoms with van der Waals surface area (Å²) in [4.78, 5) is 0. The predicted molar refractivity (Wildman–Crippen MR) is 114 cm³/mol. The van der Waals surface area contributed by atoms with Crippen molar-refractivity contribution in [1.82, 2.24) is 0 Å². The van der Waals surface area contributed by atoms with Crippen LogP contribution in [-0.4, -0.2) is 28.8 Å². The van der Waals surface area contributed by atoms with E-state index in [1.54, 1.807) is 0 Å². The van der Waals surface area contributed by atoms with Crippen molar-refractivity contribution >= 4 is 16.6 Å². The zero-order valence-electron chi connectivity index (χ0n) is 18.2. The second kappa shape index (κ2) is 11.9. The SMILES string of the molecule is CCCCCC([Si](CC)(CC)OC(C)C)[Si](CC)(CC)OC(C)C. The number of hydrogen-bond donors (Lipinski definition) is 0. The molecule has 0 aromatic heterocycles. The van der Waals surface area contributed by atoms with Gasteiger partial charge in [-0.3, -0.25) is 0 Å². The summed E-state index contributed by atoms with van der Waals surface area (Å²) in [6.07, 6.45) is 5.98. The highest BCUT2D eigenvalue weighted by molar-refractivity contribution is 6.94. The Kier molecular flexibility index (Phi) is 12.0. The van der Waals surface area contributed by atoms with Gasteiger partial charge < -0.3 is 8.85 Å². The molecule has 0 saturated carbocycles. The van der Waals surface area contributed by atoms with Crippen molar-refractivity contribution in [3.8, 4) is 0 Å². The first-order valence-corrected chi connectivity index (χ1v) is 15.4. The minimum atomic E-state index is -1.79. The van der Waals surface area contributed by atoms with E-state index in [-0.39, 0.29) is 0 Å². The van der Waals surface area contributed by atoms with Crippen LogP contribution in [-0.2, 0) is 8.85 Å². The Bertz CT molecular complexity index is 285. The first-order chi connectivity index (χ1) is 11.3. The van der Waals surface area contributed by atoms with Crippen LogP contribution in [0.3, 0.4) is 0 Å². The molecule has 0 aromatic rings. The van der Waals surface area contributed by atoms with Crippen LogP contribution in [0.4, 0.5) is 0 Å². The molecule has 0 bridgehead atoms. The topological polar surface area (TPSA) is 18.5 Å². The fourth-order valence-electron chi connectivity index (χ4n) is 4.53. The molecule has 0 amide bonds. The maximum atomic E-state index is 6.81. The highest BCUT2D eigenvalue weighted by atomic mass is 28.4. The summed E-state index contributed by atoms with van der Waals surface area (Å²) >= 11 is 0. The Morgan fingerprint density at radius 2 is 1.00 bits per heavy atom. The summed E-state index contributed by atoms with van der Waals surface area (Å²) in [6, 6.07) is 4.92. The second-order valence-corrected chi connectivity index (χ2v) is 17.5. The second-order valence-electron chi connectivity index (χ2n) is 7.93. The average Bonchev–Trinajstić information content (AvgIpc) is 2.55. The Balaban J connectivity index is 5.88.